The van der Waals surface area contributed by atoms with Gasteiger partial charge in [0.1, 0.15) is 18.3 Å². The van der Waals surface area contributed by atoms with E-state index < -0.39 is 30.7 Å². The van der Waals surface area contributed by atoms with Crippen molar-refractivity contribution in [2.45, 2.75) is 18.3 Å². The van der Waals surface area contributed by atoms with Crippen molar-refractivity contribution in [2.75, 3.05) is 13.2 Å². The van der Waals surface area contributed by atoms with Gasteiger partial charge < -0.3 is 26.2 Å². The molecule has 0 unspecified atom stereocenters. The Hall–Kier alpha value is -0.530. The van der Waals surface area contributed by atoms with E-state index in [1.165, 1.54) is 0 Å². The lowest BCUT2D eigenvalue weighted by Crippen LogP contribution is -2.44. The normalized spacial score (nSPS) is 18.4. The number of aliphatic hydroxyl groups excluding tert-OH is 4. The summed E-state index contributed by atoms with van der Waals surface area (Å²) in [4.78, 5) is 10.8. The molecule has 0 fully saturated rings. The van der Waals surface area contributed by atoms with Crippen molar-refractivity contribution in [2.24, 2.45) is 5.73 Å². The quantitative estimate of drug-likeness (QED) is 0.299. The van der Waals surface area contributed by atoms with E-state index in [1.807, 2.05) is 0 Å². The van der Waals surface area contributed by atoms with Gasteiger partial charge in [0.2, 0.25) is 0 Å². The third kappa shape index (κ3) is 2.84. The number of Topliss-reactive ketones (excluding diaryl/α,β-unsaturated/α-hetero) is 1. The number of rotatable bonds is 5. The molecule has 0 rings (SSSR count). The maximum Gasteiger partial charge on any atom is 0.193 e. The Labute approximate surface area is 69.2 Å². The van der Waals surface area contributed by atoms with Crippen LogP contribution in [0.3, 0.4) is 0 Å². The molecule has 0 saturated carbocycles. The fraction of sp³-hybridized carbons (Fsp3) is 0.833. The zero-order chi connectivity index (χ0) is 9.72. The van der Waals surface area contributed by atoms with Crippen LogP contribution in [0.2, 0.25) is 0 Å². The number of nitrogens with two attached hydrogens (primary N) is 1. The topological polar surface area (TPSA) is 124 Å². The highest BCUT2D eigenvalue weighted by atomic mass is 16.4. The van der Waals surface area contributed by atoms with Gasteiger partial charge >= 0.3 is 0 Å². The van der Waals surface area contributed by atoms with Gasteiger partial charge in [-0.2, -0.15) is 0 Å². The number of carbonyl (C=O) groups excluding carboxylic acids is 1. The molecule has 0 aliphatic rings. The van der Waals surface area contributed by atoms with Crippen molar-refractivity contribution in [1.29, 1.82) is 0 Å². The van der Waals surface area contributed by atoms with Gasteiger partial charge in [-0.25, -0.2) is 0 Å². The maximum atomic E-state index is 10.8. The summed E-state index contributed by atoms with van der Waals surface area (Å²) in [5, 5.41) is 34.8. The molecule has 0 aromatic heterocycles. The molecular formula is C6H13NO5. The second-order valence-electron chi connectivity index (χ2n) is 2.35. The molecule has 0 saturated heterocycles. The monoisotopic (exact) mass is 179 g/mol. The SMILES string of the molecule is NC[C@@H](O)C(=O)[C@H](O)[C@H](O)CO. The number of hydrogen-bond donors (Lipinski definition) is 5. The molecule has 6 nitrogen and oxygen atoms in total. The van der Waals surface area contributed by atoms with Crippen LogP contribution < -0.4 is 5.73 Å². The van der Waals surface area contributed by atoms with Gasteiger partial charge in [-0.15, -0.1) is 0 Å². The van der Waals surface area contributed by atoms with Gasteiger partial charge in [0.15, 0.2) is 5.78 Å². The van der Waals surface area contributed by atoms with Crippen LogP contribution in [0, 0.1) is 0 Å². The first-order valence-electron chi connectivity index (χ1n) is 3.43. The van der Waals surface area contributed by atoms with E-state index in [4.69, 9.17) is 26.2 Å². The summed E-state index contributed by atoms with van der Waals surface area (Å²) in [6.45, 7) is -1.07. The Morgan fingerprint density at radius 3 is 2.17 bits per heavy atom. The van der Waals surface area contributed by atoms with Gasteiger partial charge in [0.05, 0.1) is 6.61 Å². The highest BCUT2D eigenvalue weighted by Gasteiger charge is 2.27. The molecule has 0 aromatic carbocycles. The van der Waals surface area contributed by atoms with Crippen LogP contribution in [-0.4, -0.2) is 57.7 Å². The number of ketones is 1. The highest BCUT2D eigenvalue weighted by Crippen LogP contribution is 1.97. The zero-order valence-electron chi connectivity index (χ0n) is 6.42. The van der Waals surface area contributed by atoms with E-state index in [-0.39, 0.29) is 6.54 Å². The molecule has 6 heteroatoms. The first-order chi connectivity index (χ1) is 5.54. The van der Waals surface area contributed by atoms with Crippen molar-refractivity contribution in [1.82, 2.24) is 0 Å². The summed E-state index contributed by atoms with van der Waals surface area (Å²) in [6.07, 6.45) is -4.85. The second-order valence-corrected chi connectivity index (χ2v) is 2.35. The zero-order valence-corrected chi connectivity index (χ0v) is 6.42. The van der Waals surface area contributed by atoms with Crippen LogP contribution in [0.5, 0.6) is 0 Å². The molecule has 6 N–H and O–H groups in total. The maximum absolute atomic E-state index is 10.8. The molecule has 3 atom stereocenters. The third-order valence-corrected chi connectivity index (χ3v) is 1.39. The average molecular weight is 179 g/mol. The molecule has 0 bridgehead atoms. The minimum absolute atomic E-state index is 0.325. The van der Waals surface area contributed by atoms with Crippen molar-refractivity contribution in [3.05, 3.63) is 0 Å². The standard InChI is InChI=1S/C6H13NO5/c7-1-3(9)5(11)6(12)4(10)2-8/h3-4,6,8-10,12H,1-2,7H2/t3-,4-,6-/m1/s1. The van der Waals surface area contributed by atoms with Crippen molar-refractivity contribution >= 4 is 5.78 Å². The first kappa shape index (κ1) is 11.5. The molecule has 0 amide bonds. The Kier molecular flexibility index (Phi) is 4.95. The minimum Gasteiger partial charge on any atom is -0.394 e. The summed E-state index contributed by atoms with van der Waals surface area (Å²) < 4.78 is 0. The lowest BCUT2D eigenvalue weighted by Gasteiger charge is -2.16. The van der Waals surface area contributed by atoms with Crippen LogP contribution in [0.4, 0.5) is 0 Å². The van der Waals surface area contributed by atoms with E-state index in [0.717, 1.165) is 0 Å². The molecule has 72 valence electrons. The average Bonchev–Trinajstić information content (AvgIpc) is 2.12. The van der Waals surface area contributed by atoms with E-state index >= 15 is 0 Å². The predicted molar refractivity (Wildman–Crippen MR) is 39.2 cm³/mol. The summed E-state index contributed by atoms with van der Waals surface area (Å²) in [5.41, 5.74) is 4.93. The van der Waals surface area contributed by atoms with Crippen LogP contribution in [-0.2, 0) is 4.79 Å². The van der Waals surface area contributed by atoms with Gasteiger partial charge in [0.25, 0.3) is 0 Å². The molecule has 0 aromatic rings. The highest BCUT2D eigenvalue weighted by molar-refractivity contribution is 5.87. The largest absolute Gasteiger partial charge is 0.394 e. The Morgan fingerprint density at radius 1 is 1.33 bits per heavy atom. The summed E-state index contributed by atoms with van der Waals surface area (Å²) >= 11 is 0. The predicted octanol–water partition coefficient (Wildman–Crippen LogP) is -3.41. The van der Waals surface area contributed by atoms with Gasteiger partial charge in [-0.3, -0.25) is 4.79 Å². The van der Waals surface area contributed by atoms with Crippen LogP contribution >= 0.6 is 0 Å². The summed E-state index contributed by atoms with van der Waals surface area (Å²) in [5.74, 6) is -0.987. The minimum atomic E-state index is -1.78. The van der Waals surface area contributed by atoms with Gasteiger partial charge in [0, 0.05) is 6.54 Å². The molecule has 0 heterocycles. The molecule has 0 aliphatic heterocycles. The number of aliphatic hydroxyl groups is 4. The number of carbonyl (C=O) groups is 1. The van der Waals surface area contributed by atoms with Crippen LogP contribution in [0.15, 0.2) is 0 Å². The third-order valence-electron chi connectivity index (χ3n) is 1.39. The number of hydrogen-bond acceptors (Lipinski definition) is 6. The van der Waals surface area contributed by atoms with Crippen LogP contribution in [0.1, 0.15) is 0 Å². The molecule has 0 radical (unpaired) electrons. The van der Waals surface area contributed by atoms with Gasteiger partial charge in [-0.1, -0.05) is 0 Å². The van der Waals surface area contributed by atoms with Crippen LogP contribution in [0.25, 0.3) is 0 Å². The van der Waals surface area contributed by atoms with E-state index in [0.29, 0.717) is 0 Å². The van der Waals surface area contributed by atoms with E-state index in [2.05, 4.69) is 0 Å². The Bertz CT molecular complexity index is 151. The fourth-order valence-electron chi connectivity index (χ4n) is 0.603. The van der Waals surface area contributed by atoms with Gasteiger partial charge in [-0.05, 0) is 0 Å². The summed E-state index contributed by atoms with van der Waals surface area (Å²) in [6, 6.07) is 0. The van der Waals surface area contributed by atoms with Crippen molar-refractivity contribution < 1.29 is 25.2 Å². The smallest absolute Gasteiger partial charge is 0.193 e. The van der Waals surface area contributed by atoms with E-state index in [1.54, 1.807) is 0 Å². The lowest BCUT2D eigenvalue weighted by atomic mass is 10.1. The van der Waals surface area contributed by atoms with Crippen molar-refractivity contribution in [3.63, 3.8) is 0 Å². The summed E-state index contributed by atoms with van der Waals surface area (Å²) in [7, 11) is 0. The molecule has 12 heavy (non-hydrogen) atoms. The second kappa shape index (κ2) is 5.18. The molecule has 0 spiro atoms. The van der Waals surface area contributed by atoms with E-state index in [9.17, 15) is 4.79 Å². The first-order valence-corrected chi connectivity index (χ1v) is 3.43. The van der Waals surface area contributed by atoms with Crippen molar-refractivity contribution in [3.8, 4) is 0 Å². The fourth-order valence-corrected chi connectivity index (χ4v) is 0.603. The Morgan fingerprint density at radius 2 is 1.83 bits per heavy atom. The lowest BCUT2D eigenvalue weighted by molar-refractivity contribution is -0.142. The Balaban J connectivity index is 4.09. The molecule has 0 aliphatic carbocycles. The molecular weight excluding hydrogens is 166 g/mol.